The Kier molecular flexibility index (Phi) is 2.94. The fourth-order valence-corrected chi connectivity index (χ4v) is 4.48. The minimum absolute atomic E-state index is 0.0778. The Morgan fingerprint density at radius 1 is 1.12 bits per heavy atom. The third-order valence-electron chi connectivity index (χ3n) is 2.59. The monoisotopic (exact) mass is 279 g/mol. The van der Waals surface area contributed by atoms with Crippen molar-refractivity contribution in [2.24, 2.45) is 0 Å². The van der Waals surface area contributed by atoms with E-state index in [-0.39, 0.29) is 12.1 Å². The molecule has 1 aromatic carbocycles. The molecule has 4 N–H and O–H groups in total. The summed E-state index contributed by atoms with van der Waals surface area (Å²) in [6.45, 7) is 0. The van der Waals surface area contributed by atoms with Gasteiger partial charge in [0.2, 0.25) is 0 Å². The van der Waals surface area contributed by atoms with Crippen LogP contribution in [-0.4, -0.2) is 25.4 Å². The molecule has 0 aromatic heterocycles. The van der Waals surface area contributed by atoms with Gasteiger partial charge in [-0.2, -0.15) is 0 Å². The molecule has 1 unspecified atom stereocenters. The molecule has 1 aliphatic heterocycles. The molecular weight excluding hydrogens is 268 g/mol. The second-order valence-corrected chi connectivity index (χ2v) is 6.99. The van der Waals surface area contributed by atoms with E-state index in [4.69, 9.17) is 9.79 Å². The van der Waals surface area contributed by atoms with Crippen molar-refractivity contribution >= 4 is 21.0 Å². The zero-order valence-electron chi connectivity index (χ0n) is 8.54. The van der Waals surface area contributed by atoms with Gasteiger partial charge in [-0.3, -0.25) is 9.24 Å². The van der Waals surface area contributed by atoms with Gasteiger partial charge in [-0.15, -0.1) is 0 Å². The van der Waals surface area contributed by atoms with E-state index in [0.29, 0.717) is 10.2 Å². The van der Waals surface area contributed by atoms with Crippen molar-refractivity contribution < 1.29 is 28.7 Å². The largest absolute Gasteiger partial charge is 0.430 e. The maximum Gasteiger partial charge on any atom is 0.430 e. The smallest absolute Gasteiger partial charge is 0.323 e. The molecule has 0 fully saturated rings. The first kappa shape index (κ1) is 12.8. The Morgan fingerprint density at radius 2 is 1.71 bits per heavy atom. The Bertz CT molecular complexity index is 535. The van der Waals surface area contributed by atoms with E-state index in [0.717, 1.165) is 0 Å². The van der Waals surface area contributed by atoms with Gasteiger partial charge >= 0.3 is 15.3 Å². The van der Waals surface area contributed by atoms with Crippen LogP contribution >= 0.6 is 15.3 Å². The molecular formula is C8H11NO6P2. The van der Waals surface area contributed by atoms with E-state index in [1.165, 1.54) is 6.07 Å². The minimum Gasteiger partial charge on any atom is -0.323 e. The van der Waals surface area contributed by atoms with Gasteiger partial charge in [-0.1, -0.05) is 18.2 Å². The molecule has 0 saturated carbocycles. The molecule has 0 radical (unpaired) electrons. The molecule has 0 spiro atoms. The van der Waals surface area contributed by atoms with Gasteiger partial charge in [-0.05, 0) is 11.6 Å². The topological polar surface area (TPSA) is 118 Å². The van der Waals surface area contributed by atoms with Crippen LogP contribution in [0.25, 0.3) is 0 Å². The third kappa shape index (κ3) is 2.31. The fourth-order valence-electron chi connectivity index (χ4n) is 1.93. The molecule has 7 nitrogen and oxygen atoms in total. The Hall–Kier alpha value is -0.680. The highest BCUT2D eigenvalue weighted by molar-refractivity contribution is 7.58. The first-order valence-electron chi connectivity index (χ1n) is 4.69. The summed E-state index contributed by atoms with van der Waals surface area (Å²) in [4.78, 5) is 36.7. The minimum atomic E-state index is -4.76. The highest BCUT2D eigenvalue weighted by atomic mass is 31.2. The van der Waals surface area contributed by atoms with E-state index in [2.05, 4.69) is 0 Å². The predicted octanol–water partition coefficient (Wildman–Crippen LogP) is 0.646. The van der Waals surface area contributed by atoms with E-state index >= 15 is 0 Å². The van der Waals surface area contributed by atoms with Crippen molar-refractivity contribution in [1.82, 2.24) is 0 Å². The normalized spacial score (nSPS) is 20.5. The first-order valence-corrected chi connectivity index (χ1v) is 7.94. The van der Waals surface area contributed by atoms with Crippen molar-refractivity contribution in [1.29, 1.82) is 0 Å². The molecule has 9 heteroatoms. The molecule has 94 valence electrons. The van der Waals surface area contributed by atoms with Gasteiger partial charge in [0.1, 0.15) is 5.78 Å². The summed E-state index contributed by atoms with van der Waals surface area (Å²) in [6, 6.07) is 6.24. The van der Waals surface area contributed by atoms with Crippen LogP contribution in [0.4, 0.5) is 5.69 Å². The second-order valence-electron chi connectivity index (χ2n) is 3.76. The van der Waals surface area contributed by atoms with Gasteiger partial charge in [0, 0.05) is 6.42 Å². The number of rotatable bonds is 2. The summed E-state index contributed by atoms with van der Waals surface area (Å²) >= 11 is 0. The van der Waals surface area contributed by atoms with Gasteiger partial charge < -0.3 is 19.6 Å². The molecule has 1 atom stereocenters. The molecule has 0 amide bonds. The quantitative estimate of drug-likeness (QED) is 0.587. The summed E-state index contributed by atoms with van der Waals surface area (Å²) in [5.41, 5.74) is 0.693. The highest BCUT2D eigenvalue weighted by Gasteiger charge is 2.47. The number of nitrogens with zero attached hydrogens (tertiary/aromatic N) is 1. The number of hydrogen-bond acceptors (Lipinski definition) is 2. The van der Waals surface area contributed by atoms with Gasteiger partial charge in [0.05, 0.1) is 5.69 Å². The lowest BCUT2D eigenvalue weighted by Gasteiger charge is -2.27. The van der Waals surface area contributed by atoms with Crippen LogP contribution in [0.3, 0.4) is 0 Å². The molecule has 2 rings (SSSR count). The van der Waals surface area contributed by atoms with Crippen LogP contribution in [0.5, 0.6) is 0 Å². The van der Waals surface area contributed by atoms with E-state index in [9.17, 15) is 18.9 Å². The first-order chi connectivity index (χ1) is 7.71. The molecule has 0 aliphatic carbocycles. The van der Waals surface area contributed by atoms with Gasteiger partial charge in [-0.25, -0.2) is 4.57 Å². The Morgan fingerprint density at radius 3 is 2.24 bits per heavy atom. The summed E-state index contributed by atoms with van der Waals surface area (Å²) in [7, 11) is -9.37. The van der Waals surface area contributed by atoms with Crippen LogP contribution in [-0.2, 0) is 15.6 Å². The summed E-state index contributed by atoms with van der Waals surface area (Å²) in [5, 5.41) is 0. The lowest BCUT2D eigenvalue weighted by molar-refractivity contribution is 0.342. The zero-order valence-corrected chi connectivity index (χ0v) is 10.3. The predicted molar refractivity (Wildman–Crippen MR) is 60.5 cm³/mol. The average molecular weight is 279 g/mol. The summed E-state index contributed by atoms with van der Waals surface area (Å²) in [6.07, 6.45) is -0.0778. The van der Waals surface area contributed by atoms with Crippen LogP contribution < -0.4 is 4.67 Å². The Balaban J connectivity index is 2.56. The Labute approximate surface area is 97.1 Å². The molecule has 0 saturated heterocycles. The maximum atomic E-state index is 11.3. The van der Waals surface area contributed by atoms with Gasteiger partial charge in [0.25, 0.3) is 0 Å². The lowest BCUT2D eigenvalue weighted by atomic mass is 10.2. The number of hydrogen-bond donors (Lipinski definition) is 4. The molecule has 1 aromatic rings. The molecule has 1 aliphatic rings. The number of benzene rings is 1. The number of para-hydroxylation sites is 1. The molecule has 17 heavy (non-hydrogen) atoms. The molecule has 0 bridgehead atoms. The summed E-state index contributed by atoms with van der Waals surface area (Å²) in [5.74, 6) is -1.50. The maximum absolute atomic E-state index is 11.3. The van der Waals surface area contributed by atoms with Crippen molar-refractivity contribution in [2.75, 3.05) is 4.67 Å². The highest BCUT2D eigenvalue weighted by Crippen LogP contribution is 2.59. The van der Waals surface area contributed by atoms with Crippen LogP contribution in [0.1, 0.15) is 5.56 Å². The van der Waals surface area contributed by atoms with E-state index < -0.39 is 21.1 Å². The van der Waals surface area contributed by atoms with E-state index in [1.54, 1.807) is 18.2 Å². The SMILES string of the molecule is O=P(O)(O)C1Cc2ccccc2N1P(=O)(O)O. The summed E-state index contributed by atoms with van der Waals surface area (Å²) < 4.78 is 23.1. The second kappa shape index (κ2) is 3.92. The van der Waals surface area contributed by atoms with Crippen molar-refractivity contribution in [3.8, 4) is 0 Å². The number of anilines is 1. The van der Waals surface area contributed by atoms with Crippen LogP contribution in [0, 0.1) is 0 Å². The van der Waals surface area contributed by atoms with Crippen molar-refractivity contribution in [3.05, 3.63) is 29.8 Å². The fraction of sp³-hybridized carbons (Fsp3) is 0.250. The standard InChI is InChI=1S/C8H11NO6P2/c10-16(11,12)8-5-6-3-1-2-4-7(6)9(8)17(13,14)15/h1-4,8H,5H2,(H2,10,11,12)(H2,13,14,15). The zero-order chi connectivity index (χ0) is 12.8. The molecule has 1 heterocycles. The van der Waals surface area contributed by atoms with E-state index in [1.807, 2.05) is 0 Å². The van der Waals surface area contributed by atoms with Crippen LogP contribution in [0.15, 0.2) is 24.3 Å². The van der Waals surface area contributed by atoms with Crippen LogP contribution in [0.2, 0.25) is 0 Å². The number of fused-ring (bicyclic) bond motifs is 1. The third-order valence-corrected chi connectivity index (χ3v) is 5.02. The van der Waals surface area contributed by atoms with Crippen molar-refractivity contribution in [3.63, 3.8) is 0 Å². The van der Waals surface area contributed by atoms with Crippen molar-refractivity contribution in [2.45, 2.75) is 12.2 Å². The lowest BCUT2D eigenvalue weighted by Crippen LogP contribution is -2.28. The average Bonchev–Trinajstić information content (AvgIpc) is 2.54. The van der Waals surface area contributed by atoms with Gasteiger partial charge in [0.15, 0.2) is 0 Å².